The van der Waals surface area contributed by atoms with Crippen LogP contribution in [0.2, 0.25) is 5.02 Å². The summed E-state index contributed by atoms with van der Waals surface area (Å²) in [7, 11) is 0. The fourth-order valence-corrected chi connectivity index (χ4v) is 1.53. The molecule has 0 saturated carbocycles. The molecular weight excluding hydrogens is 281 g/mol. The number of rotatable bonds is 2. The fourth-order valence-electron chi connectivity index (χ4n) is 1.33. The molecule has 0 saturated heterocycles. The zero-order chi connectivity index (χ0) is 14.0. The lowest BCUT2D eigenvalue weighted by Gasteiger charge is -2.01. The highest BCUT2D eigenvalue weighted by molar-refractivity contribution is 6.32. The Labute approximate surface area is 111 Å². The van der Waals surface area contributed by atoms with Crippen LogP contribution in [0.3, 0.4) is 0 Å². The molecule has 0 atom stereocenters. The summed E-state index contributed by atoms with van der Waals surface area (Å²) in [6.07, 6.45) is 0. The Balaban J connectivity index is 2.44. The minimum absolute atomic E-state index is 0.0386. The predicted octanol–water partition coefficient (Wildman–Crippen LogP) is 4.88. The van der Waals surface area contributed by atoms with Crippen LogP contribution in [0.15, 0.2) is 40.6 Å². The lowest BCUT2D eigenvalue weighted by molar-refractivity contribution is 0.461. The Morgan fingerprint density at radius 2 is 1.47 bits per heavy atom. The first-order valence-corrected chi connectivity index (χ1v) is 5.40. The topological polar surface area (TPSA) is 45.0 Å². The van der Waals surface area contributed by atoms with Crippen molar-refractivity contribution in [3.63, 3.8) is 0 Å². The summed E-state index contributed by atoms with van der Waals surface area (Å²) >= 11 is 5.68. The predicted molar refractivity (Wildman–Crippen MR) is 63.6 cm³/mol. The van der Waals surface area contributed by atoms with E-state index < -0.39 is 28.9 Å². The van der Waals surface area contributed by atoms with Gasteiger partial charge in [-0.1, -0.05) is 17.7 Å². The van der Waals surface area contributed by atoms with Crippen LogP contribution in [0.5, 0.6) is 5.75 Å². The highest BCUT2D eigenvalue weighted by Gasteiger charge is 2.12. The molecule has 1 N–H and O–H groups in total. The van der Waals surface area contributed by atoms with E-state index in [1.165, 1.54) is 12.1 Å². The fraction of sp³-hybridized carbons (Fsp3) is 0. The van der Waals surface area contributed by atoms with Gasteiger partial charge in [-0.05, 0) is 12.1 Å². The average Bonchev–Trinajstić information content (AvgIpc) is 2.31. The second kappa shape index (κ2) is 5.27. The van der Waals surface area contributed by atoms with Gasteiger partial charge >= 0.3 is 0 Å². The molecule has 2 rings (SSSR count). The van der Waals surface area contributed by atoms with E-state index in [-0.39, 0.29) is 10.7 Å². The van der Waals surface area contributed by atoms with Crippen molar-refractivity contribution < 1.29 is 18.3 Å². The summed E-state index contributed by atoms with van der Waals surface area (Å²) in [4.78, 5) is 0. The minimum Gasteiger partial charge on any atom is -0.508 e. The number of halogens is 4. The van der Waals surface area contributed by atoms with E-state index in [9.17, 15) is 13.2 Å². The monoisotopic (exact) mass is 286 g/mol. The molecule has 98 valence electrons. The third-order valence-electron chi connectivity index (χ3n) is 2.19. The molecule has 0 bridgehead atoms. The number of aromatic hydroxyl groups is 1. The SMILES string of the molecule is Oc1cc(F)c(/N=N/c2c(F)cccc2Cl)c(F)c1. The smallest absolute Gasteiger partial charge is 0.157 e. The number of nitrogens with zero attached hydrogens (tertiary/aromatic N) is 2. The molecule has 0 fully saturated rings. The van der Waals surface area contributed by atoms with Crippen LogP contribution in [0.25, 0.3) is 0 Å². The maximum atomic E-state index is 13.4. The Bertz CT molecular complexity index is 618. The maximum Gasteiger partial charge on any atom is 0.157 e. The zero-order valence-corrected chi connectivity index (χ0v) is 10.00. The summed E-state index contributed by atoms with van der Waals surface area (Å²) in [6.45, 7) is 0. The van der Waals surface area contributed by atoms with Gasteiger partial charge in [0.05, 0.1) is 5.02 Å². The third kappa shape index (κ3) is 2.85. The molecule has 0 amide bonds. The average molecular weight is 287 g/mol. The van der Waals surface area contributed by atoms with Crippen LogP contribution in [-0.4, -0.2) is 5.11 Å². The lowest BCUT2D eigenvalue weighted by Crippen LogP contribution is -1.82. The summed E-state index contributed by atoms with van der Waals surface area (Å²) in [5.74, 6) is -3.59. The number of phenols is 1. The highest BCUT2D eigenvalue weighted by Crippen LogP contribution is 2.32. The van der Waals surface area contributed by atoms with E-state index in [0.29, 0.717) is 12.1 Å². The van der Waals surface area contributed by atoms with Crippen molar-refractivity contribution in [2.75, 3.05) is 0 Å². The van der Waals surface area contributed by atoms with Gasteiger partial charge in [0, 0.05) is 12.1 Å². The number of benzene rings is 2. The number of hydrogen-bond donors (Lipinski definition) is 1. The summed E-state index contributed by atoms with van der Waals surface area (Å²) in [6, 6.07) is 5.14. The van der Waals surface area contributed by atoms with Crippen molar-refractivity contribution in [1.82, 2.24) is 0 Å². The van der Waals surface area contributed by atoms with Gasteiger partial charge in [-0.3, -0.25) is 0 Å². The lowest BCUT2D eigenvalue weighted by atomic mass is 10.3. The Kier molecular flexibility index (Phi) is 3.71. The summed E-state index contributed by atoms with van der Waals surface area (Å²) in [5, 5.41) is 15.6. The molecule has 19 heavy (non-hydrogen) atoms. The van der Waals surface area contributed by atoms with Gasteiger partial charge in [0.15, 0.2) is 23.1 Å². The van der Waals surface area contributed by atoms with Crippen molar-refractivity contribution in [1.29, 1.82) is 0 Å². The first-order valence-electron chi connectivity index (χ1n) is 5.03. The van der Waals surface area contributed by atoms with Gasteiger partial charge < -0.3 is 5.11 Å². The normalized spacial score (nSPS) is 11.2. The third-order valence-corrected chi connectivity index (χ3v) is 2.49. The van der Waals surface area contributed by atoms with Crippen molar-refractivity contribution in [3.05, 3.63) is 52.8 Å². The molecule has 0 heterocycles. The molecule has 0 spiro atoms. The molecule has 0 aliphatic rings. The number of phenolic OH excluding ortho intramolecular Hbond substituents is 1. The molecule has 2 aromatic rings. The zero-order valence-electron chi connectivity index (χ0n) is 9.24. The van der Waals surface area contributed by atoms with Gasteiger partial charge in [-0.2, -0.15) is 0 Å². The number of azo groups is 1. The van der Waals surface area contributed by atoms with Gasteiger partial charge in [-0.15, -0.1) is 10.2 Å². The van der Waals surface area contributed by atoms with E-state index in [2.05, 4.69) is 10.2 Å². The van der Waals surface area contributed by atoms with Crippen molar-refractivity contribution in [3.8, 4) is 5.75 Å². The second-order valence-corrected chi connectivity index (χ2v) is 3.94. The molecule has 7 heteroatoms. The van der Waals surface area contributed by atoms with E-state index in [0.717, 1.165) is 6.07 Å². The van der Waals surface area contributed by atoms with Crippen LogP contribution in [0, 0.1) is 17.5 Å². The van der Waals surface area contributed by atoms with Crippen LogP contribution >= 0.6 is 11.6 Å². The standard InChI is InChI=1S/C12H6ClF3N2O/c13-7-2-1-3-8(14)11(7)17-18-12-9(15)4-6(19)5-10(12)16/h1-5,19H/b18-17+. The van der Waals surface area contributed by atoms with Gasteiger partial charge in [-0.25, -0.2) is 13.2 Å². The largest absolute Gasteiger partial charge is 0.508 e. The van der Waals surface area contributed by atoms with Crippen LogP contribution < -0.4 is 0 Å². The Hall–Kier alpha value is -2.08. The van der Waals surface area contributed by atoms with E-state index >= 15 is 0 Å². The second-order valence-electron chi connectivity index (χ2n) is 3.53. The molecule has 2 aromatic carbocycles. The first-order chi connectivity index (χ1) is 8.99. The minimum atomic E-state index is -1.12. The van der Waals surface area contributed by atoms with E-state index in [1.54, 1.807) is 0 Å². The van der Waals surface area contributed by atoms with Gasteiger partial charge in [0.2, 0.25) is 0 Å². The molecule has 0 radical (unpaired) electrons. The van der Waals surface area contributed by atoms with E-state index in [4.69, 9.17) is 16.7 Å². The highest BCUT2D eigenvalue weighted by atomic mass is 35.5. The van der Waals surface area contributed by atoms with Crippen LogP contribution in [-0.2, 0) is 0 Å². The van der Waals surface area contributed by atoms with Crippen molar-refractivity contribution in [2.24, 2.45) is 10.2 Å². The quantitative estimate of drug-likeness (QED) is 0.786. The number of hydrogen-bond acceptors (Lipinski definition) is 3. The van der Waals surface area contributed by atoms with Crippen LogP contribution in [0.4, 0.5) is 24.5 Å². The molecule has 0 unspecified atom stereocenters. The molecule has 0 aliphatic heterocycles. The molecular formula is C12H6ClF3N2O. The Morgan fingerprint density at radius 1 is 0.895 bits per heavy atom. The Morgan fingerprint density at radius 3 is 2.05 bits per heavy atom. The molecule has 0 aliphatic carbocycles. The molecule has 3 nitrogen and oxygen atoms in total. The molecule has 0 aromatic heterocycles. The van der Waals surface area contributed by atoms with Gasteiger partial charge in [0.1, 0.15) is 11.4 Å². The summed E-state index contributed by atoms with van der Waals surface area (Å²) in [5.41, 5.74) is -1.06. The van der Waals surface area contributed by atoms with Crippen molar-refractivity contribution >= 4 is 23.0 Å². The summed E-state index contributed by atoms with van der Waals surface area (Å²) < 4.78 is 40.0. The maximum absolute atomic E-state index is 13.4. The van der Waals surface area contributed by atoms with Crippen LogP contribution in [0.1, 0.15) is 0 Å². The van der Waals surface area contributed by atoms with Gasteiger partial charge in [0.25, 0.3) is 0 Å². The van der Waals surface area contributed by atoms with Crippen molar-refractivity contribution in [2.45, 2.75) is 0 Å². The first kappa shape index (κ1) is 13.4. The van der Waals surface area contributed by atoms with E-state index in [1.807, 2.05) is 0 Å².